The summed E-state index contributed by atoms with van der Waals surface area (Å²) in [4.78, 5) is 0. The summed E-state index contributed by atoms with van der Waals surface area (Å²) in [7, 11) is 0. The second-order valence-corrected chi connectivity index (χ2v) is 15.8. The average Bonchev–Trinajstić information content (AvgIpc) is 3.35. The zero-order chi connectivity index (χ0) is 33.2. The van der Waals surface area contributed by atoms with Crippen LogP contribution < -0.4 is 0 Å². The van der Waals surface area contributed by atoms with Gasteiger partial charge in [0.05, 0.1) is 0 Å². The van der Waals surface area contributed by atoms with E-state index in [4.69, 9.17) is 0 Å². The van der Waals surface area contributed by atoms with E-state index in [1.165, 1.54) is 104 Å². The first-order valence-corrected chi connectivity index (χ1v) is 17.6. The zero-order valence-corrected chi connectivity index (χ0v) is 28.8. The molecule has 0 radical (unpaired) electrons. The highest BCUT2D eigenvalue weighted by Gasteiger charge is 2.35. The molecular weight excluding hydrogens is 589 g/mol. The van der Waals surface area contributed by atoms with Crippen molar-refractivity contribution in [2.24, 2.45) is 0 Å². The van der Waals surface area contributed by atoms with Crippen LogP contribution in [-0.4, -0.2) is 0 Å². The summed E-state index contributed by atoms with van der Waals surface area (Å²) in [6.45, 7) is 11.6. The van der Waals surface area contributed by atoms with E-state index in [1.807, 2.05) is 0 Å². The molecule has 1 aliphatic rings. The molecule has 0 amide bonds. The third-order valence-electron chi connectivity index (χ3n) is 11.6. The van der Waals surface area contributed by atoms with E-state index in [-0.39, 0.29) is 10.8 Å². The predicted octanol–water partition coefficient (Wildman–Crippen LogP) is 13.8. The lowest BCUT2D eigenvalue weighted by atomic mass is 9.81. The Balaban J connectivity index is 1.14. The molecule has 49 heavy (non-hydrogen) atoms. The molecule has 9 aromatic rings. The van der Waals surface area contributed by atoms with Gasteiger partial charge in [-0.05, 0) is 134 Å². The summed E-state index contributed by atoms with van der Waals surface area (Å²) in [5.41, 5.74) is 12.1. The molecule has 0 aliphatic heterocycles. The molecule has 0 heteroatoms. The minimum Gasteiger partial charge on any atom is -0.0619 e. The second-order valence-electron chi connectivity index (χ2n) is 15.8. The Morgan fingerprint density at radius 2 is 1.04 bits per heavy atom. The lowest BCUT2D eigenvalue weighted by molar-refractivity contribution is 0.591. The number of fused-ring (bicyclic) bond motifs is 7. The van der Waals surface area contributed by atoms with Crippen molar-refractivity contribution in [3.05, 3.63) is 156 Å². The molecule has 0 spiro atoms. The van der Waals surface area contributed by atoms with Crippen LogP contribution in [0.25, 0.3) is 87.2 Å². The molecule has 0 nitrogen and oxygen atoms in total. The lowest BCUT2D eigenvalue weighted by Crippen LogP contribution is -2.14. The summed E-state index contributed by atoms with van der Waals surface area (Å²) in [5, 5.41) is 13.3. The molecule has 0 saturated heterocycles. The van der Waals surface area contributed by atoms with Gasteiger partial charge in [0.15, 0.2) is 0 Å². The molecule has 0 heterocycles. The van der Waals surface area contributed by atoms with E-state index in [0.29, 0.717) is 0 Å². The van der Waals surface area contributed by atoms with E-state index < -0.39 is 0 Å². The van der Waals surface area contributed by atoms with E-state index in [9.17, 15) is 0 Å². The SMILES string of the molecule is CC(C)(C)c1ccc2c(c1)c1cccc3ccc4c(-c5ccc6ccc(-c7ccc8c(c7)C(C)(C)c7ccccc7-8)cc6c5)ccc2c4c31. The van der Waals surface area contributed by atoms with Crippen molar-refractivity contribution < 1.29 is 0 Å². The fourth-order valence-corrected chi connectivity index (χ4v) is 8.87. The summed E-state index contributed by atoms with van der Waals surface area (Å²) >= 11 is 0. The molecule has 0 saturated carbocycles. The normalized spacial score (nSPS) is 14.0. The molecule has 0 bridgehead atoms. The van der Waals surface area contributed by atoms with Gasteiger partial charge in [-0.3, -0.25) is 0 Å². The third kappa shape index (κ3) is 4.04. The molecule has 234 valence electrons. The van der Waals surface area contributed by atoms with Crippen LogP contribution in [0.5, 0.6) is 0 Å². The summed E-state index contributed by atoms with van der Waals surface area (Å²) < 4.78 is 0. The van der Waals surface area contributed by atoms with Crippen molar-refractivity contribution in [2.45, 2.75) is 45.4 Å². The van der Waals surface area contributed by atoms with Crippen molar-refractivity contribution in [3.63, 3.8) is 0 Å². The lowest BCUT2D eigenvalue weighted by Gasteiger charge is -2.22. The van der Waals surface area contributed by atoms with Crippen LogP contribution in [0.3, 0.4) is 0 Å². The standard InChI is InChI=1S/C49H38/c1-48(2,3)35-19-22-37-42-24-23-36(41-21-17-30-9-8-11-40(43(37)28-35)46(30)47(41)42)33-16-14-29-13-15-31(25-34(29)26-33)32-18-20-39-38-10-6-7-12-44(38)49(4,5)45(39)27-32/h6-28H,1-5H3. The topological polar surface area (TPSA) is 0 Å². The zero-order valence-electron chi connectivity index (χ0n) is 28.8. The van der Waals surface area contributed by atoms with Gasteiger partial charge < -0.3 is 0 Å². The molecule has 1 aliphatic carbocycles. The highest BCUT2D eigenvalue weighted by molar-refractivity contribution is 6.35. The summed E-state index contributed by atoms with van der Waals surface area (Å²) in [5.74, 6) is 0. The van der Waals surface area contributed by atoms with Crippen molar-refractivity contribution in [3.8, 4) is 33.4 Å². The van der Waals surface area contributed by atoms with Crippen LogP contribution in [0.2, 0.25) is 0 Å². The van der Waals surface area contributed by atoms with Crippen molar-refractivity contribution in [2.75, 3.05) is 0 Å². The smallest absolute Gasteiger partial charge is 0.0159 e. The molecule has 0 unspecified atom stereocenters. The van der Waals surface area contributed by atoms with Crippen LogP contribution in [-0.2, 0) is 10.8 Å². The average molecular weight is 627 g/mol. The summed E-state index contributed by atoms with van der Waals surface area (Å²) in [6.07, 6.45) is 0. The van der Waals surface area contributed by atoms with Crippen LogP contribution in [0.4, 0.5) is 0 Å². The molecule has 9 aromatic carbocycles. The fraction of sp³-hybridized carbons (Fsp3) is 0.143. The highest BCUT2D eigenvalue weighted by atomic mass is 14.4. The largest absolute Gasteiger partial charge is 0.0619 e. The fourth-order valence-electron chi connectivity index (χ4n) is 8.87. The van der Waals surface area contributed by atoms with Gasteiger partial charge in [0.2, 0.25) is 0 Å². The van der Waals surface area contributed by atoms with Gasteiger partial charge in [0, 0.05) is 5.41 Å². The van der Waals surface area contributed by atoms with Gasteiger partial charge in [-0.1, -0.05) is 150 Å². The second kappa shape index (κ2) is 9.80. The van der Waals surface area contributed by atoms with Crippen molar-refractivity contribution in [1.82, 2.24) is 0 Å². The van der Waals surface area contributed by atoms with Gasteiger partial charge >= 0.3 is 0 Å². The van der Waals surface area contributed by atoms with E-state index in [2.05, 4.69) is 174 Å². The Labute approximate surface area is 288 Å². The van der Waals surface area contributed by atoms with Gasteiger partial charge in [-0.25, -0.2) is 0 Å². The molecule has 10 rings (SSSR count). The number of benzene rings is 9. The Hall–Kier alpha value is -5.46. The van der Waals surface area contributed by atoms with E-state index in [0.717, 1.165) is 0 Å². The van der Waals surface area contributed by atoms with Gasteiger partial charge in [-0.2, -0.15) is 0 Å². The van der Waals surface area contributed by atoms with Crippen LogP contribution in [0, 0.1) is 0 Å². The molecule has 0 atom stereocenters. The number of hydrogen-bond donors (Lipinski definition) is 0. The Kier molecular flexibility index (Phi) is 5.71. The number of rotatable bonds is 2. The third-order valence-corrected chi connectivity index (χ3v) is 11.6. The maximum atomic E-state index is 2.43. The van der Waals surface area contributed by atoms with Crippen LogP contribution >= 0.6 is 0 Å². The highest BCUT2D eigenvalue weighted by Crippen LogP contribution is 2.50. The van der Waals surface area contributed by atoms with Gasteiger partial charge in [0.1, 0.15) is 0 Å². The molecular formula is C49H38. The first-order chi connectivity index (χ1) is 23.7. The van der Waals surface area contributed by atoms with E-state index >= 15 is 0 Å². The van der Waals surface area contributed by atoms with E-state index in [1.54, 1.807) is 0 Å². The van der Waals surface area contributed by atoms with Crippen LogP contribution in [0.1, 0.15) is 51.3 Å². The molecule has 0 fully saturated rings. The maximum Gasteiger partial charge on any atom is 0.0159 e. The first-order valence-electron chi connectivity index (χ1n) is 17.6. The molecule has 0 N–H and O–H groups in total. The summed E-state index contributed by atoms with van der Waals surface area (Å²) in [6, 6.07) is 53.2. The minimum absolute atomic E-state index is 0.0127. The Morgan fingerprint density at radius 3 is 1.90 bits per heavy atom. The van der Waals surface area contributed by atoms with Crippen molar-refractivity contribution in [1.29, 1.82) is 0 Å². The predicted molar refractivity (Wildman–Crippen MR) is 212 cm³/mol. The van der Waals surface area contributed by atoms with Gasteiger partial charge in [-0.15, -0.1) is 0 Å². The van der Waals surface area contributed by atoms with Crippen molar-refractivity contribution >= 4 is 53.9 Å². The van der Waals surface area contributed by atoms with Gasteiger partial charge in [0.25, 0.3) is 0 Å². The number of hydrogen-bond acceptors (Lipinski definition) is 0. The Morgan fingerprint density at radius 1 is 0.388 bits per heavy atom. The monoisotopic (exact) mass is 626 g/mol. The molecule has 0 aromatic heterocycles. The first kappa shape index (κ1) is 28.5. The van der Waals surface area contributed by atoms with Crippen LogP contribution in [0.15, 0.2) is 140 Å². The minimum atomic E-state index is -0.0127. The maximum absolute atomic E-state index is 2.43. The Bertz CT molecular complexity index is 2820. The quantitative estimate of drug-likeness (QED) is 0.132.